The van der Waals surface area contributed by atoms with Crippen molar-refractivity contribution in [2.75, 3.05) is 11.1 Å². The van der Waals surface area contributed by atoms with Crippen LogP contribution in [0.1, 0.15) is 5.56 Å². The highest BCUT2D eigenvalue weighted by molar-refractivity contribution is 7.18. The molecule has 4 aromatic rings. The van der Waals surface area contributed by atoms with Crippen molar-refractivity contribution in [3.63, 3.8) is 0 Å². The number of nitrogens with zero attached hydrogens (tertiary/aromatic N) is 3. The molecule has 0 saturated heterocycles. The monoisotopic (exact) mass is 351 g/mol. The molecule has 0 saturated carbocycles. The summed E-state index contributed by atoms with van der Waals surface area (Å²) in [4.78, 5) is 12.5. The van der Waals surface area contributed by atoms with Crippen LogP contribution in [0, 0.1) is 12.7 Å². The van der Waals surface area contributed by atoms with Crippen LogP contribution in [0.5, 0.6) is 0 Å². The summed E-state index contributed by atoms with van der Waals surface area (Å²) in [5, 5.41) is 5.28. The van der Waals surface area contributed by atoms with Crippen molar-refractivity contribution in [1.29, 1.82) is 0 Å². The number of pyridine rings is 1. The van der Waals surface area contributed by atoms with Crippen LogP contribution in [-0.4, -0.2) is 15.0 Å². The number of thiophene rings is 1. The second-order valence-corrected chi connectivity index (χ2v) is 6.49. The number of aromatic nitrogens is 3. The Morgan fingerprint density at radius 3 is 2.88 bits per heavy atom. The molecule has 3 aromatic heterocycles. The minimum atomic E-state index is -0.482. The first-order chi connectivity index (χ1) is 12.1. The Morgan fingerprint density at radius 1 is 1.20 bits per heavy atom. The third-order valence-corrected chi connectivity index (χ3v) is 4.74. The average Bonchev–Trinajstić information content (AvgIpc) is 2.99. The molecule has 4 rings (SSSR count). The molecule has 0 aliphatic heterocycles. The predicted molar refractivity (Wildman–Crippen MR) is 99.5 cm³/mol. The van der Waals surface area contributed by atoms with Gasteiger partial charge in [0.05, 0.1) is 22.1 Å². The zero-order chi connectivity index (χ0) is 17.4. The lowest BCUT2D eigenvalue weighted by Gasteiger charge is -2.07. The van der Waals surface area contributed by atoms with E-state index in [0.29, 0.717) is 11.3 Å². The quantitative estimate of drug-likeness (QED) is 0.567. The predicted octanol–water partition coefficient (Wildman–Crippen LogP) is 4.53. The van der Waals surface area contributed by atoms with Gasteiger partial charge in [-0.3, -0.25) is 4.98 Å². The smallest absolute Gasteiger partial charge is 0.165 e. The van der Waals surface area contributed by atoms with Gasteiger partial charge in [0.2, 0.25) is 0 Å². The molecule has 25 heavy (non-hydrogen) atoms. The van der Waals surface area contributed by atoms with Gasteiger partial charge >= 0.3 is 0 Å². The molecular weight excluding hydrogens is 337 g/mol. The Labute approximate surface area is 147 Å². The SMILES string of the molecule is Cc1cccc(Nc2csc3c(N)nc(-c4ccncc4F)nc23)c1. The zero-order valence-corrected chi connectivity index (χ0v) is 14.1. The van der Waals surface area contributed by atoms with Crippen LogP contribution < -0.4 is 11.1 Å². The number of anilines is 3. The topological polar surface area (TPSA) is 76.7 Å². The Bertz CT molecular complexity index is 1080. The summed E-state index contributed by atoms with van der Waals surface area (Å²) >= 11 is 1.45. The van der Waals surface area contributed by atoms with Crippen LogP contribution in [0.2, 0.25) is 0 Å². The van der Waals surface area contributed by atoms with Gasteiger partial charge < -0.3 is 11.1 Å². The van der Waals surface area contributed by atoms with E-state index in [4.69, 9.17) is 5.73 Å². The Kier molecular flexibility index (Phi) is 3.77. The molecule has 5 nitrogen and oxygen atoms in total. The van der Waals surface area contributed by atoms with Crippen molar-refractivity contribution in [2.45, 2.75) is 6.92 Å². The summed E-state index contributed by atoms with van der Waals surface area (Å²) in [6, 6.07) is 9.56. The summed E-state index contributed by atoms with van der Waals surface area (Å²) in [5.74, 6) is 0.0961. The van der Waals surface area contributed by atoms with E-state index in [2.05, 4.69) is 20.3 Å². The van der Waals surface area contributed by atoms with Crippen molar-refractivity contribution < 1.29 is 4.39 Å². The molecule has 0 aliphatic carbocycles. The summed E-state index contributed by atoms with van der Waals surface area (Å²) in [5.41, 5.74) is 9.93. The van der Waals surface area contributed by atoms with Crippen LogP contribution in [0.25, 0.3) is 21.6 Å². The Morgan fingerprint density at radius 2 is 2.08 bits per heavy atom. The van der Waals surface area contributed by atoms with Crippen molar-refractivity contribution in [3.05, 3.63) is 59.5 Å². The van der Waals surface area contributed by atoms with E-state index in [0.717, 1.165) is 27.8 Å². The number of nitrogen functional groups attached to an aromatic ring is 1. The number of aryl methyl sites for hydroxylation is 1. The van der Waals surface area contributed by atoms with Crippen LogP contribution in [-0.2, 0) is 0 Å². The number of nitrogens with two attached hydrogens (primary N) is 1. The normalized spacial score (nSPS) is 11.0. The second-order valence-electron chi connectivity index (χ2n) is 5.61. The minimum Gasteiger partial charge on any atom is -0.382 e. The van der Waals surface area contributed by atoms with Crippen molar-refractivity contribution in [1.82, 2.24) is 15.0 Å². The molecule has 0 atom stereocenters. The average molecular weight is 351 g/mol. The molecule has 0 unspecified atom stereocenters. The molecular formula is C18H14FN5S. The standard InChI is InChI=1S/C18H14FN5S/c1-10-3-2-4-11(7-10)22-14-9-25-16-15(14)23-18(24-17(16)20)12-5-6-21-8-13(12)19/h2-9,22H,1H3,(H2,20,23,24). The van der Waals surface area contributed by atoms with E-state index in [9.17, 15) is 4.39 Å². The van der Waals surface area contributed by atoms with Gasteiger partial charge in [-0.15, -0.1) is 11.3 Å². The first-order valence-electron chi connectivity index (χ1n) is 7.60. The van der Waals surface area contributed by atoms with Gasteiger partial charge in [0.25, 0.3) is 0 Å². The molecule has 0 radical (unpaired) electrons. The first kappa shape index (κ1) is 15.5. The summed E-state index contributed by atoms with van der Waals surface area (Å²) < 4.78 is 14.8. The fourth-order valence-corrected chi connectivity index (χ4v) is 3.42. The van der Waals surface area contributed by atoms with Gasteiger partial charge in [-0.1, -0.05) is 12.1 Å². The molecule has 3 heterocycles. The molecule has 124 valence electrons. The summed E-state index contributed by atoms with van der Waals surface area (Å²) in [6.07, 6.45) is 2.64. The molecule has 1 aromatic carbocycles. The molecule has 0 spiro atoms. The number of halogens is 1. The number of nitrogens with one attached hydrogen (secondary N) is 1. The lowest BCUT2D eigenvalue weighted by molar-refractivity contribution is 0.624. The van der Waals surface area contributed by atoms with Gasteiger partial charge in [0.15, 0.2) is 11.6 Å². The highest BCUT2D eigenvalue weighted by Gasteiger charge is 2.15. The van der Waals surface area contributed by atoms with Gasteiger partial charge in [0, 0.05) is 17.3 Å². The van der Waals surface area contributed by atoms with Crippen LogP contribution >= 0.6 is 11.3 Å². The van der Waals surface area contributed by atoms with Gasteiger partial charge in [-0.25, -0.2) is 14.4 Å². The minimum absolute atomic E-state index is 0.246. The molecule has 0 bridgehead atoms. The maximum absolute atomic E-state index is 14.0. The molecule has 0 fully saturated rings. The fourth-order valence-electron chi connectivity index (χ4n) is 2.58. The van der Waals surface area contributed by atoms with Crippen molar-refractivity contribution >= 4 is 38.7 Å². The lowest BCUT2D eigenvalue weighted by atomic mass is 10.2. The van der Waals surface area contributed by atoms with Gasteiger partial charge in [-0.2, -0.15) is 0 Å². The van der Waals surface area contributed by atoms with Crippen LogP contribution in [0.4, 0.5) is 21.6 Å². The van der Waals surface area contributed by atoms with E-state index >= 15 is 0 Å². The van der Waals surface area contributed by atoms with Crippen molar-refractivity contribution in [2.24, 2.45) is 0 Å². The fraction of sp³-hybridized carbons (Fsp3) is 0.0556. The second kappa shape index (κ2) is 6.10. The van der Waals surface area contributed by atoms with E-state index in [1.807, 2.05) is 36.6 Å². The van der Waals surface area contributed by atoms with Crippen molar-refractivity contribution in [3.8, 4) is 11.4 Å². The Hall–Kier alpha value is -3.06. The highest BCUT2D eigenvalue weighted by atomic mass is 32.1. The van der Waals surface area contributed by atoms with E-state index in [-0.39, 0.29) is 11.4 Å². The highest BCUT2D eigenvalue weighted by Crippen LogP contribution is 2.35. The summed E-state index contributed by atoms with van der Waals surface area (Å²) in [6.45, 7) is 2.03. The lowest BCUT2D eigenvalue weighted by Crippen LogP contribution is -1.99. The number of benzene rings is 1. The first-order valence-corrected chi connectivity index (χ1v) is 8.48. The zero-order valence-electron chi connectivity index (χ0n) is 13.3. The number of rotatable bonds is 3. The maximum atomic E-state index is 14.0. The third kappa shape index (κ3) is 2.89. The largest absolute Gasteiger partial charge is 0.382 e. The number of hydrogen-bond donors (Lipinski definition) is 2. The van der Waals surface area contributed by atoms with Crippen LogP contribution in [0.3, 0.4) is 0 Å². The molecule has 7 heteroatoms. The molecule has 0 amide bonds. The Balaban J connectivity index is 1.83. The van der Waals surface area contributed by atoms with E-state index < -0.39 is 5.82 Å². The van der Waals surface area contributed by atoms with E-state index in [1.54, 1.807) is 0 Å². The van der Waals surface area contributed by atoms with Crippen LogP contribution in [0.15, 0.2) is 48.1 Å². The summed E-state index contributed by atoms with van der Waals surface area (Å²) in [7, 11) is 0. The van der Waals surface area contributed by atoms with Gasteiger partial charge in [0.1, 0.15) is 11.3 Å². The molecule has 3 N–H and O–H groups in total. The maximum Gasteiger partial charge on any atom is 0.165 e. The van der Waals surface area contributed by atoms with E-state index in [1.165, 1.54) is 23.6 Å². The number of hydrogen-bond acceptors (Lipinski definition) is 6. The number of fused-ring (bicyclic) bond motifs is 1. The molecule has 0 aliphatic rings. The third-order valence-electron chi connectivity index (χ3n) is 3.75. The van der Waals surface area contributed by atoms with Gasteiger partial charge in [-0.05, 0) is 30.7 Å².